The van der Waals surface area contributed by atoms with Crippen LogP contribution in [0.3, 0.4) is 0 Å². The molecule has 3 aromatic rings. The van der Waals surface area contributed by atoms with Gasteiger partial charge in [0.1, 0.15) is 17.3 Å². The van der Waals surface area contributed by atoms with E-state index in [1.165, 1.54) is 6.92 Å². The molecule has 0 amide bonds. The van der Waals surface area contributed by atoms with Crippen molar-refractivity contribution in [1.82, 2.24) is 9.42 Å². The predicted octanol–water partition coefficient (Wildman–Crippen LogP) is 3.56. The van der Waals surface area contributed by atoms with Crippen molar-refractivity contribution in [2.24, 2.45) is 0 Å². The third-order valence-corrected chi connectivity index (χ3v) is 5.84. The number of ether oxygens (including phenoxy) is 1. The van der Waals surface area contributed by atoms with Gasteiger partial charge in [-0.2, -0.15) is 4.34 Å². The highest BCUT2D eigenvalue weighted by molar-refractivity contribution is 7.55. The molecule has 1 N–H and O–H groups in total. The van der Waals surface area contributed by atoms with E-state index in [2.05, 4.69) is 5.09 Å². The molecule has 28 heavy (non-hydrogen) atoms. The van der Waals surface area contributed by atoms with Gasteiger partial charge < -0.3 is 13.7 Å². The van der Waals surface area contributed by atoms with Crippen molar-refractivity contribution < 1.29 is 23.0 Å². The van der Waals surface area contributed by atoms with Gasteiger partial charge in [-0.1, -0.05) is 30.3 Å². The van der Waals surface area contributed by atoms with Gasteiger partial charge in [0.25, 0.3) is 0 Å². The van der Waals surface area contributed by atoms with Crippen LogP contribution in [-0.2, 0) is 14.1 Å². The highest BCUT2D eigenvalue weighted by Crippen LogP contribution is 2.46. The van der Waals surface area contributed by atoms with Crippen molar-refractivity contribution in [1.29, 1.82) is 0 Å². The maximum Gasteiger partial charge on any atom is 0.430 e. The van der Waals surface area contributed by atoms with Gasteiger partial charge in [-0.25, -0.2) is 14.4 Å². The van der Waals surface area contributed by atoms with Crippen LogP contribution in [0.4, 0.5) is 0 Å². The van der Waals surface area contributed by atoms with Gasteiger partial charge in [0.2, 0.25) is 0 Å². The molecule has 0 spiro atoms. The summed E-state index contributed by atoms with van der Waals surface area (Å²) < 4.78 is 30.8. The first-order chi connectivity index (χ1) is 13.3. The molecule has 148 valence electrons. The molecular weight excluding hydrogens is 383 g/mol. The number of esters is 1. The molecule has 2 aromatic carbocycles. The van der Waals surface area contributed by atoms with Gasteiger partial charge in [0.15, 0.2) is 5.58 Å². The van der Waals surface area contributed by atoms with E-state index in [0.717, 1.165) is 4.34 Å². The van der Waals surface area contributed by atoms with E-state index in [4.69, 9.17) is 13.7 Å². The number of carbonyl (C=O) groups is 1. The normalized spacial score (nSPS) is 14.6. The number of oxazole rings is 1. The van der Waals surface area contributed by atoms with Gasteiger partial charge in [-0.05, 0) is 45.0 Å². The number of nitrogens with zero attached hydrogens (tertiary/aromatic N) is 1. The maximum absolute atomic E-state index is 13.8. The number of para-hydroxylation sites is 3. The van der Waals surface area contributed by atoms with Crippen molar-refractivity contribution in [3.63, 3.8) is 0 Å². The first kappa shape index (κ1) is 19.9. The fourth-order valence-electron chi connectivity index (χ4n) is 2.58. The summed E-state index contributed by atoms with van der Waals surface area (Å²) >= 11 is 0. The average Bonchev–Trinajstić information content (AvgIpc) is 2.98. The summed E-state index contributed by atoms with van der Waals surface area (Å²) in [4.78, 5) is 24.7. The van der Waals surface area contributed by atoms with Crippen LogP contribution in [0.2, 0.25) is 0 Å². The Morgan fingerprint density at radius 2 is 1.71 bits per heavy atom. The average molecular weight is 404 g/mol. The number of rotatable bonds is 7. The largest absolute Gasteiger partial charge is 0.462 e. The molecule has 8 nitrogen and oxygen atoms in total. The van der Waals surface area contributed by atoms with E-state index in [1.54, 1.807) is 68.4 Å². The van der Waals surface area contributed by atoms with Crippen molar-refractivity contribution in [3.8, 4) is 5.75 Å². The minimum absolute atomic E-state index is 0.253. The number of benzene rings is 2. The topological polar surface area (TPSA) is 99.8 Å². The van der Waals surface area contributed by atoms with Gasteiger partial charge in [0, 0.05) is 0 Å². The van der Waals surface area contributed by atoms with Gasteiger partial charge in [-0.15, -0.1) is 0 Å². The molecule has 0 saturated carbocycles. The zero-order chi connectivity index (χ0) is 20.3. The van der Waals surface area contributed by atoms with E-state index in [-0.39, 0.29) is 23.0 Å². The summed E-state index contributed by atoms with van der Waals surface area (Å²) in [5.74, 6) is -1.22. The Morgan fingerprint density at radius 3 is 2.39 bits per heavy atom. The number of nitrogens with one attached hydrogen (secondary N) is 1. The fourth-order valence-corrected chi connectivity index (χ4v) is 4.54. The van der Waals surface area contributed by atoms with Crippen LogP contribution in [0.25, 0.3) is 11.1 Å². The van der Waals surface area contributed by atoms with Crippen molar-refractivity contribution in [3.05, 3.63) is 65.1 Å². The SMILES string of the molecule is CC(C)OC(=O)C(C)NP(=O)(Oc1ccccc1)n1c(=O)oc2ccccc21. The molecule has 0 aliphatic rings. The smallest absolute Gasteiger partial charge is 0.430 e. The molecule has 0 aliphatic carbocycles. The second-order valence-corrected chi connectivity index (χ2v) is 8.29. The lowest BCUT2D eigenvalue weighted by Gasteiger charge is -2.23. The summed E-state index contributed by atoms with van der Waals surface area (Å²) in [6.45, 7) is 4.90. The summed E-state index contributed by atoms with van der Waals surface area (Å²) in [6.07, 6.45) is -0.344. The van der Waals surface area contributed by atoms with Gasteiger partial charge in [-0.3, -0.25) is 4.79 Å². The van der Waals surface area contributed by atoms with Crippen LogP contribution in [0.5, 0.6) is 5.75 Å². The lowest BCUT2D eigenvalue weighted by Crippen LogP contribution is -2.38. The fraction of sp³-hybridized carbons (Fsp3) is 0.263. The van der Waals surface area contributed by atoms with E-state index in [9.17, 15) is 14.2 Å². The number of carbonyl (C=O) groups excluding carboxylic acids is 1. The monoisotopic (exact) mass is 404 g/mol. The van der Waals surface area contributed by atoms with Gasteiger partial charge in [0.05, 0.1) is 6.10 Å². The minimum atomic E-state index is -4.12. The van der Waals surface area contributed by atoms with E-state index < -0.39 is 25.4 Å². The third-order valence-electron chi connectivity index (χ3n) is 3.76. The maximum atomic E-state index is 13.8. The molecule has 3 rings (SSSR count). The van der Waals surface area contributed by atoms with Crippen molar-refractivity contribution in [2.45, 2.75) is 32.9 Å². The first-order valence-corrected chi connectivity index (χ1v) is 10.3. The van der Waals surface area contributed by atoms with Gasteiger partial charge >= 0.3 is 19.4 Å². The van der Waals surface area contributed by atoms with E-state index in [1.807, 2.05) is 0 Å². The van der Waals surface area contributed by atoms with Crippen molar-refractivity contribution >= 4 is 24.7 Å². The van der Waals surface area contributed by atoms with E-state index >= 15 is 0 Å². The molecule has 2 atom stereocenters. The van der Waals surface area contributed by atoms with Crippen LogP contribution in [0.15, 0.2) is 63.8 Å². The van der Waals surface area contributed by atoms with Crippen LogP contribution < -0.4 is 15.4 Å². The molecule has 0 saturated heterocycles. The molecule has 0 radical (unpaired) electrons. The van der Waals surface area contributed by atoms with Crippen LogP contribution >= 0.6 is 7.67 Å². The highest BCUT2D eigenvalue weighted by Gasteiger charge is 2.36. The molecular formula is C19H21N2O6P. The Labute approximate surface area is 161 Å². The Kier molecular flexibility index (Phi) is 5.72. The Hall–Kier alpha value is -2.83. The number of hydrogen-bond donors (Lipinski definition) is 1. The molecule has 9 heteroatoms. The summed E-state index contributed by atoms with van der Waals surface area (Å²) in [7, 11) is -4.12. The minimum Gasteiger partial charge on any atom is -0.462 e. The molecule has 1 heterocycles. The molecule has 0 fully saturated rings. The van der Waals surface area contributed by atoms with Crippen LogP contribution in [0, 0.1) is 0 Å². The molecule has 0 aliphatic heterocycles. The van der Waals surface area contributed by atoms with Crippen LogP contribution in [0.1, 0.15) is 20.8 Å². The lowest BCUT2D eigenvalue weighted by molar-refractivity contribution is -0.149. The first-order valence-electron chi connectivity index (χ1n) is 8.74. The van der Waals surface area contributed by atoms with Crippen LogP contribution in [-0.4, -0.2) is 22.5 Å². The number of hydrogen-bond acceptors (Lipinski definition) is 6. The summed E-state index contributed by atoms with van der Waals surface area (Å²) in [6, 6.07) is 13.9. The Morgan fingerprint density at radius 1 is 1.07 bits per heavy atom. The zero-order valence-corrected chi connectivity index (χ0v) is 16.6. The highest BCUT2D eigenvalue weighted by atomic mass is 31.2. The molecule has 1 aromatic heterocycles. The second kappa shape index (κ2) is 8.04. The quantitative estimate of drug-likeness (QED) is 0.475. The Balaban J connectivity index is 2.06. The van der Waals surface area contributed by atoms with Crippen molar-refractivity contribution in [2.75, 3.05) is 0 Å². The Bertz CT molecular complexity index is 1070. The predicted molar refractivity (Wildman–Crippen MR) is 104 cm³/mol. The summed E-state index contributed by atoms with van der Waals surface area (Å²) in [5, 5.41) is 2.64. The number of aromatic nitrogens is 1. The summed E-state index contributed by atoms with van der Waals surface area (Å²) in [5.41, 5.74) is 0.535. The standard InChI is InChI=1S/C19H21N2O6P/c1-13(2)25-18(22)14(3)20-28(24,27-15-9-5-4-6-10-15)21-16-11-7-8-12-17(16)26-19(21)23/h4-14H,1-3H3,(H,20,24). The molecule has 2 unspecified atom stereocenters. The zero-order valence-electron chi connectivity index (χ0n) is 15.7. The number of fused-ring (bicyclic) bond motifs is 1. The third kappa shape index (κ3) is 4.18. The second-order valence-electron chi connectivity index (χ2n) is 6.41. The molecule has 0 bridgehead atoms. The lowest BCUT2D eigenvalue weighted by atomic mass is 10.3. The van der Waals surface area contributed by atoms with E-state index in [0.29, 0.717) is 0 Å².